The van der Waals surface area contributed by atoms with E-state index in [1.165, 1.54) is 17.3 Å². The third kappa shape index (κ3) is 6.55. The SMILES string of the molecule is COc1ccc([C@@H]2CCO[C@@H]3[C@H](CN[C@@H]3C(=O)N[C@@H](C3CC(O)C(O)[C@@H](O)C(SC)O3)[C@H](C)Cl)C2)cc1. The average Bonchev–Trinajstić information content (AvgIpc) is 3.12. The molecule has 1 amide bonds. The third-order valence-corrected chi connectivity index (χ3v) is 9.00. The van der Waals surface area contributed by atoms with Crippen LogP contribution in [0.2, 0.25) is 0 Å². The van der Waals surface area contributed by atoms with Gasteiger partial charge >= 0.3 is 0 Å². The van der Waals surface area contributed by atoms with Gasteiger partial charge < -0.3 is 40.2 Å². The molecule has 4 rings (SSSR count). The zero-order valence-electron chi connectivity index (χ0n) is 21.5. The Bertz CT molecular complexity index is 894. The predicted molar refractivity (Wildman–Crippen MR) is 142 cm³/mol. The average molecular weight is 559 g/mol. The highest BCUT2D eigenvalue weighted by Crippen LogP contribution is 2.37. The van der Waals surface area contributed by atoms with Crippen LogP contribution in [0.25, 0.3) is 0 Å². The number of carbonyl (C=O) groups is 1. The maximum Gasteiger partial charge on any atom is 0.240 e. The number of methoxy groups -OCH3 is 1. The van der Waals surface area contributed by atoms with Gasteiger partial charge in [0.15, 0.2) is 0 Å². The molecule has 5 N–H and O–H groups in total. The van der Waals surface area contributed by atoms with Crippen LogP contribution in [-0.4, -0.2) is 101 Å². The number of halogens is 1. The normalized spacial score (nSPS) is 38.1. The van der Waals surface area contributed by atoms with E-state index in [0.29, 0.717) is 19.1 Å². The highest BCUT2D eigenvalue weighted by molar-refractivity contribution is 7.99. The smallest absolute Gasteiger partial charge is 0.240 e. The van der Waals surface area contributed by atoms with E-state index < -0.39 is 47.3 Å². The lowest BCUT2D eigenvalue weighted by atomic mass is 9.85. The molecule has 0 spiro atoms. The molecule has 11 heteroatoms. The molecule has 3 heterocycles. The van der Waals surface area contributed by atoms with Crippen LogP contribution >= 0.6 is 23.4 Å². The van der Waals surface area contributed by atoms with Crippen molar-refractivity contribution in [2.24, 2.45) is 5.92 Å². The van der Waals surface area contributed by atoms with Gasteiger partial charge in [0.2, 0.25) is 5.91 Å². The van der Waals surface area contributed by atoms with Gasteiger partial charge in [0.25, 0.3) is 0 Å². The van der Waals surface area contributed by atoms with E-state index in [9.17, 15) is 20.1 Å². The summed E-state index contributed by atoms with van der Waals surface area (Å²) in [6, 6.07) is 6.96. The van der Waals surface area contributed by atoms with E-state index in [1.54, 1.807) is 20.3 Å². The molecule has 1 aromatic carbocycles. The number of nitrogens with one attached hydrogen (secondary N) is 2. The molecule has 3 aliphatic heterocycles. The van der Waals surface area contributed by atoms with Crippen molar-refractivity contribution in [3.05, 3.63) is 29.8 Å². The van der Waals surface area contributed by atoms with E-state index in [-0.39, 0.29) is 24.3 Å². The van der Waals surface area contributed by atoms with Crippen molar-refractivity contribution in [3.63, 3.8) is 0 Å². The number of aliphatic hydroxyl groups is 3. The second kappa shape index (κ2) is 12.8. The largest absolute Gasteiger partial charge is 0.497 e. The van der Waals surface area contributed by atoms with Gasteiger partial charge in [-0.1, -0.05) is 12.1 Å². The number of aliphatic hydroxyl groups excluding tert-OH is 3. The summed E-state index contributed by atoms with van der Waals surface area (Å²) in [4.78, 5) is 13.5. The minimum atomic E-state index is -1.35. The van der Waals surface area contributed by atoms with Crippen LogP contribution in [-0.2, 0) is 14.3 Å². The lowest BCUT2D eigenvalue weighted by Gasteiger charge is -2.33. The molecule has 0 aromatic heterocycles. The maximum absolute atomic E-state index is 13.5. The number of fused-ring (bicyclic) bond motifs is 1. The second-order valence-electron chi connectivity index (χ2n) is 10.3. The zero-order chi connectivity index (χ0) is 26.7. The number of ether oxygens (including phenoxy) is 3. The summed E-state index contributed by atoms with van der Waals surface area (Å²) in [6.45, 7) is 2.98. The van der Waals surface area contributed by atoms with Crippen LogP contribution in [0.4, 0.5) is 0 Å². The Morgan fingerprint density at radius 2 is 1.95 bits per heavy atom. The van der Waals surface area contributed by atoms with Gasteiger partial charge in [-0.2, -0.15) is 0 Å². The van der Waals surface area contributed by atoms with Crippen LogP contribution in [0, 0.1) is 5.92 Å². The Balaban J connectivity index is 1.43. The summed E-state index contributed by atoms with van der Waals surface area (Å²) in [5, 5.41) is 36.9. The molecule has 37 heavy (non-hydrogen) atoms. The number of carbonyl (C=O) groups excluding carboxylic acids is 1. The van der Waals surface area contributed by atoms with Crippen LogP contribution in [0.15, 0.2) is 24.3 Å². The van der Waals surface area contributed by atoms with Crippen LogP contribution in [0.5, 0.6) is 5.75 Å². The molecule has 3 saturated heterocycles. The predicted octanol–water partition coefficient (Wildman–Crippen LogP) is 1.22. The van der Waals surface area contributed by atoms with Crippen molar-refractivity contribution in [2.45, 2.75) is 85.5 Å². The molecule has 1 aromatic rings. The summed E-state index contributed by atoms with van der Waals surface area (Å²) in [5.41, 5.74) is 0.479. The van der Waals surface area contributed by atoms with Crippen molar-refractivity contribution in [2.75, 3.05) is 26.5 Å². The fourth-order valence-corrected chi connectivity index (χ4v) is 6.66. The van der Waals surface area contributed by atoms with Gasteiger partial charge in [-0.25, -0.2) is 0 Å². The summed E-state index contributed by atoms with van der Waals surface area (Å²) in [6.07, 6.45) is -1.21. The molecule has 0 radical (unpaired) electrons. The van der Waals surface area contributed by atoms with Gasteiger partial charge in [0, 0.05) is 25.5 Å². The molecule has 9 nitrogen and oxygen atoms in total. The molecular weight excluding hydrogens is 520 g/mol. The number of amides is 1. The van der Waals surface area contributed by atoms with Crippen molar-refractivity contribution >= 4 is 29.3 Å². The number of hydrogen-bond donors (Lipinski definition) is 5. The molecule has 11 atom stereocenters. The Hall–Kier alpha value is -1.11. The highest BCUT2D eigenvalue weighted by atomic mass is 35.5. The number of benzene rings is 1. The first-order valence-corrected chi connectivity index (χ1v) is 14.6. The third-order valence-electron chi connectivity index (χ3n) is 7.87. The van der Waals surface area contributed by atoms with E-state index in [0.717, 1.165) is 18.6 Å². The van der Waals surface area contributed by atoms with Crippen molar-refractivity contribution in [1.82, 2.24) is 10.6 Å². The summed E-state index contributed by atoms with van der Waals surface area (Å²) in [7, 11) is 1.65. The molecule has 0 aliphatic carbocycles. The lowest BCUT2D eigenvalue weighted by molar-refractivity contribution is -0.128. The van der Waals surface area contributed by atoms with Gasteiger partial charge in [0.05, 0.1) is 36.8 Å². The molecule has 3 aliphatic rings. The number of rotatable bonds is 7. The van der Waals surface area contributed by atoms with Gasteiger partial charge in [-0.05, 0) is 49.6 Å². The van der Waals surface area contributed by atoms with Crippen LogP contribution in [0.1, 0.15) is 37.7 Å². The van der Waals surface area contributed by atoms with Crippen LogP contribution < -0.4 is 15.4 Å². The van der Waals surface area contributed by atoms with E-state index in [2.05, 4.69) is 22.8 Å². The second-order valence-corrected chi connectivity index (χ2v) is 11.9. The van der Waals surface area contributed by atoms with E-state index >= 15 is 0 Å². The zero-order valence-corrected chi connectivity index (χ0v) is 23.0. The monoisotopic (exact) mass is 558 g/mol. The Kier molecular flexibility index (Phi) is 10.0. The number of thioether (sulfide) groups is 1. The number of hydrogen-bond acceptors (Lipinski definition) is 9. The molecule has 0 saturated carbocycles. The lowest BCUT2D eigenvalue weighted by Crippen LogP contribution is -2.56. The molecule has 4 unspecified atom stereocenters. The molecule has 0 bridgehead atoms. The first-order chi connectivity index (χ1) is 17.7. The minimum absolute atomic E-state index is 0.0292. The first-order valence-electron chi connectivity index (χ1n) is 12.9. The van der Waals surface area contributed by atoms with Crippen molar-refractivity contribution in [3.8, 4) is 5.75 Å². The van der Waals surface area contributed by atoms with E-state index in [4.69, 9.17) is 25.8 Å². The fraction of sp³-hybridized carbons (Fsp3) is 0.731. The highest BCUT2D eigenvalue weighted by Gasteiger charge is 2.46. The Labute approximate surface area is 227 Å². The molecule has 208 valence electrons. The molecular formula is C26H39ClN2O7S. The summed E-state index contributed by atoms with van der Waals surface area (Å²) >= 11 is 7.72. The molecule has 3 fully saturated rings. The van der Waals surface area contributed by atoms with Crippen LogP contribution in [0.3, 0.4) is 0 Å². The summed E-state index contributed by atoms with van der Waals surface area (Å²) in [5.74, 6) is 1.10. The van der Waals surface area contributed by atoms with Gasteiger partial charge in [-0.15, -0.1) is 23.4 Å². The Morgan fingerprint density at radius 1 is 1.22 bits per heavy atom. The maximum atomic E-state index is 13.5. The first kappa shape index (κ1) is 28.9. The standard InChI is InChI=1S/C26H39ClN2O7S/c1-13(27)20(19-11-18(30)22(31)23(32)26(36-19)37-3)29-25(33)21-24-16(12-28-21)10-15(8-9-35-24)14-4-6-17(34-2)7-5-14/h4-7,13,15-16,18-24,26,28,30-32H,8-12H2,1-3H3,(H,29,33)/t13-,15+,16-,18?,19?,20+,21-,22?,23+,24+,26?/m0/s1. The van der Waals surface area contributed by atoms with Gasteiger partial charge in [-0.3, -0.25) is 4.79 Å². The summed E-state index contributed by atoms with van der Waals surface area (Å²) < 4.78 is 17.5. The fourth-order valence-electron chi connectivity index (χ4n) is 5.74. The Morgan fingerprint density at radius 3 is 2.59 bits per heavy atom. The quantitative estimate of drug-likeness (QED) is 0.314. The van der Waals surface area contributed by atoms with Crippen molar-refractivity contribution in [1.29, 1.82) is 0 Å². The van der Waals surface area contributed by atoms with Crippen molar-refractivity contribution < 1.29 is 34.3 Å². The van der Waals surface area contributed by atoms with Gasteiger partial charge in [0.1, 0.15) is 29.4 Å². The topological polar surface area (TPSA) is 130 Å². The number of alkyl halides is 1. The van der Waals surface area contributed by atoms with E-state index in [1.807, 2.05) is 12.1 Å². The minimum Gasteiger partial charge on any atom is -0.497 e.